The van der Waals surface area contributed by atoms with E-state index in [1.54, 1.807) is 20.4 Å². The molecule has 1 heterocycles. The molecule has 6 heteroatoms. The van der Waals surface area contributed by atoms with Crippen molar-refractivity contribution in [2.24, 2.45) is 4.99 Å². The van der Waals surface area contributed by atoms with E-state index in [1.165, 1.54) is 11.1 Å². The number of ether oxygens (including phenoxy) is 1. The molecule has 3 aromatic rings. The number of para-hydroxylation sites is 1. The molecule has 27 heavy (non-hydrogen) atoms. The summed E-state index contributed by atoms with van der Waals surface area (Å²) in [4.78, 5) is 10.7. The number of methoxy groups -OCH3 is 1. The highest BCUT2D eigenvalue weighted by atomic mass is 16.5. The minimum absolute atomic E-state index is 0.675. The quantitative estimate of drug-likeness (QED) is 0.540. The van der Waals surface area contributed by atoms with Crippen molar-refractivity contribution in [1.29, 1.82) is 0 Å². The van der Waals surface area contributed by atoms with Gasteiger partial charge in [-0.1, -0.05) is 30.3 Å². The maximum Gasteiger partial charge on any atom is 0.193 e. The summed E-state index contributed by atoms with van der Waals surface area (Å²) in [5.41, 5.74) is 3.48. The summed E-state index contributed by atoms with van der Waals surface area (Å²) >= 11 is 0. The molecule has 0 amide bonds. The van der Waals surface area contributed by atoms with E-state index in [0.29, 0.717) is 6.54 Å². The van der Waals surface area contributed by atoms with Gasteiger partial charge in [-0.15, -0.1) is 0 Å². The van der Waals surface area contributed by atoms with Crippen molar-refractivity contribution in [2.75, 3.05) is 21.2 Å². The summed E-state index contributed by atoms with van der Waals surface area (Å²) in [6.45, 7) is 1.43. The molecule has 0 saturated carbocycles. The van der Waals surface area contributed by atoms with Crippen LogP contribution in [0.5, 0.6) is 5.75 Å². The first-order valence-corrected chi connectivity index (χ1v) is 8.82. The van der Waals surface area contributed by atoms with Crippen LogP contribution in [0, 0.1) is 0 Å². The van der Waals surface area contributed by atoms with Gasteiger partial charge in [-0.3, -0.25) is 4.99 Å². The molecule has 2 aromatic carbocycles. The Morgan fingerprint density at radius 2 is 1.96 bits per heavy atom. The largest absolute Gasteiger partial charge is 0.497 e. The molecule has 0 aliphatic carbocycles. The van der Waals surface area contributed by atoms with Crippen molar-refractivity contribution in [3.63, 3.8) is 0 Å². The van der Waals surface area contributed by atoms with E-state index < -0.39 is 0 Å². The monoisotopic (exact) mass is 363 g/mol. The SMILES string of the molecule is CN=C(NCc1ccccc1-n1ccnc1)N(C)Cc1ccc(OC)cc1. The molecule has 0 aliphatic heterocycles. The average Bonchev–Trinajstić information content (AvgIpc) is 3.24. The topological polar surface area (TPSA) is 54.7 Å². The van der Waals surface area contributed by atoms with E-state index in [2.05, 4.69) is 44.5 Å². The normalized spacial score (nSPS) is 11.3. The molecule has 1 N–H and O–H groups in total. The van der Waals surface area contributed by atoms with E-state index in [-0.39, 0.29) is 0 Å². The molecule has 0 radical (unpaired) electrons. The van der Waals surface area contributed by atoms with E-state index in [1.807, 2.05) is 48.4 Å². The first-order valence-electron chi connectivity index (χ1n) is 8.82. The Morgan fingerprint density at radius 3 is 2.63 bits per heavy atom. The second kappa shape index (κ2) is 8.89. The lowest BCUT2D eigenvalue weighted by atomic mass is 10.1. The predicted molar refractivity (Wildman–Crippen MR) is 108 cm³/mol. The number of aliphatic imine (C=N–C) groups is 1. The Labute approximate surface area is 160 Å². The highest BCUT2D eigenvalue weighted by molar-refractivity contribution is 5.79. The van der Waals surface area contributed by atoms with Gasteiger partial charge in [-0.2, -0.15) is 0 Å². The molecule has 3 rings (SSSR count). The number of aromatic nitrogens is 2. The summed E-state index contributed by atoms with van der Waals surface area (Å²) in [6, 6.07) is 16.3. The van der Waals surface area contributed by atoms with Gasteiger partial charge in [0.1, 0.15) is 5.75 Å². The molecule has 0 atom stereocenters. The minimum atomic E-state index is 0.675. The van der Waals surface area contributed by atoms with Gasteiger partial charge < -0.3 is 19.5 Å². The zero-order valence-corrected chi connectivity index (χ0v) is 16.0. The van der Waals surface area contributed by atoms with Crippen LogP contribution in [-0.4, -0.2) is 41.6 Å². The molecule has 0 spiro atoms. The molecule has 1 aromatic heterocycles. The first kappa shape index (κ1) is 18.5. The van der Waals surface area contributed by atoms with Gasteiger partial charge >= 0.3 is 0 Å². The molecule has 0 bridgehead atoms. The third kappa shape index (κ3) is 4.67. The fourth-order valence-corrected chi connectivity index (χ4v) is 2.95. The Balaban J connectivity index is 1.65. The van der Waals surface area contributed by atoms with Gasteiger partial charge in [0.25, 0.3) is 0 Å². The van der Waals surface area contributed by atoms with E-state index >= 15 is 0 Å². The molecule has 0 aliphatic rings. The molecule has 0 unspecified atom stereocenters. The summed E-state index contributed by atoms with van der Waals surface area (Å²) in [5, 5.41) is 3.45. The predicted octanol–water partition coefficient (Wildman–Crippen LogP) is 3.09. The molecule has 0 fully saturated rings. The number of imidazole rings is 1. The van der Waals surface area contributed by atoms with Crippen molar-refractivity contribution in [3.8, 4) is 11.4 Å². The minimum Gasteiger partial charge on any atom is -0.497 e. The van der Waals surface area contributed by atoms with Gasteiger partial charge in [-0.25, -0.2) is 4.98 Å². The molecule has 0 saturated heterocycles. The number of nitrogens with zero attached hydrogens (tertiary/aromatic N) is 4. The maximum atomic E-state index is 5.22. The highest BCUT2D eigenvalue weighted by Gasteiger charge is 2.09. The molecular formula is C21H25N5O. The van der Waals surface area contributed by atoms with E-state index in [9.17, 15) is 0 Å². The summed E-state index contributed by atoms with van der Waals surface area (Å²) in [6.07, 6.45) is 5.54. The lowest BCUT2D eigenvalue weighted by Crippen LogP contribution is -2.38. The number of hydrogen-bond acceptors (Lipinski definition) is 3. The Morgan fingerprint density at radius 1 is 1.19 bits per heavy atom. The fraction of sp³-hybridized carbons (Fsp3) is 0.238. The molecular weight excluding hydrogens is 338 g/mol. The number of guanidine groups is 1. The standard InChI is InChI=1S/C21H25N5O/c1-22-21(25(2)15-17-8-10-19(27-3)11-9-17)24-14-18-6-4-5-7-20(18)26-13-12-23-16-26/h4-13,16H,14-15H2,1-3H3,(H,22,24). The van der Waals surface area contributed by atoms with Crippen LogP contribution in [0.1, 0.15) is 11.1 Å². The van der Waals surface area contributed by atoms with Crippen LogP contribution >= 0.6 is 0 Å². The van der Waals surface area contributed by atoms with Crippen LogP contribution < -0.4 is 10.1 Å². The highest BCUT2D eigenvalue weighted by Crippen LogP contribution is 2.15. The van der Waals surface area contributed by atoms with Crippen molar-refractivity contribution in [2.45, 2.75) is 13.1 Å². The second-order valence-corrected chi connectivity index (χ2v) is 6.20. The van der Waals surface area contributed by atoms with Crippen LogP contribution in [0.15, 0.2) is 72.2 Å². The van der Waals surface area contributed by atoms with Gasteiger partial charge in [0.05, 0.1) is 19.1 Å². The number of rotatable bonds is 6. The Hall–Kier alpha value is -3.28. The summed E-state index contributed by atoms with van der Waals surface area (Å²) in [5.74, 6) is 1.70. The van der Waals surface area contributed by atoms with Gasteiger partial charge in [0.15, 0.2) is 5.96 Å². The Kier molecular flexibility index (Phi) is 6.10. The van der Waals surface area contributed by atoms with Crippen LogP contribution in [0.25, 0.3) is 5.69 Å². The lowest BCUT2D eigenvalue weighted by molar-refractivity contribution is 0.414. The number of benzene rings is 2. The van der Waals surface area contributed by atoms with Crippen LogP contribution in [0.2, 0.25) is 0 Å². The molecule has 6 nitrogen and oxygen atoms in total. The molecule has 140 valence electrons. The van der Waals surface area contributed by atoms with Crippen LogP contribution in [0.4, 0.5) is 0 Å². The van der Waals surface area contributed by atoms with Crippen LogP contribution in [-0.2, 0) is 13.1 Å². The average molecular weight is 363 g/mol. The fourth-order valence-electron chi connectivity index (χ4n) is 2.95. The van der Waals surface area contributed by atoms with Crippen LogP contribution in [0.3, 0.4) is 0 Å². The van der Waals surface area contributed by atoms with Crippen molar-refractivity contribution < 1.29 is 4.74 Å². The van der Waals surface area contributed by atoms with Crippen molar-refractivity contribution in [1.82, 2.24) is 19.8 Å². The summed E-state index contributed by atoms with van der Waals surface area (Å²) in [7, 11) is 5.50. The second-order valence-electron chi connectivity index (χ2n) is 6.20. The smallest absolute Gasteiger partial charge is 0.193 e. The van der Waals surface area contributed by atoms with Crippen molar-refractivity contribution >= 4 is 5.96 Å². The Bertz CT molecular complexity index is 872. The number of nitrogens with one attached hydrogen (secondary N) is 1. The maximum absolute atomic E-state index is 5.22. The zero-order valence-electron chi connectivity index (χ0n) is 16.0. The van der Waals surface area contributed by atoms with E-state index in [0.717, 1.165) is 23.9 Å². The van der Waals surface area contributed by atoms with Gasteiger partial charge in [-0.05, 0) is 29.3 Å². The van der Waals surface area contributed by atoms with E-state index in [4.69, 9.17) is 4.74 Å². The third-order valence-corrected chi connectivity index (χ3v) is 4.36. The van der Waals surface area contributed by atoms with Gasteiger partial charge in [0, 0.05) is 39.6 Å². The zero-order chi connectivity index (χ0) is 19.1. The third-order valence-electron chi connectivity index (χ3n) is 4.36. The van der Waals surface area contributed by atoms with Gasteiger partial charge in [0.2, 0.25) is 0 Å². The summed E-state index contributed by atoms with van der Waals surface area (Å²) < 4.78 is 7.23. The van der Waals surface area contributed by atoms with Crippen molar-refractivity contribution in [3.05, 3.63) is 78.4 Å². The first-order chi connectivity index (χ1) is 13.2. The lowest BCUT2D eigenvalue weighted by Gasteiger charge is -2.23. The number of hydrogen-bond donors (Lipinski definition) is 1.